The second kappa shape index (κ2) is 5.66. The predicted molar refractivity (Wildman–Crippen MR) is 82.4 cm³/mol. The van der Waals surface area contributed by atoms with Gasteiger partial charge in [-0.3, -0.25) is 0 Å². The SMILES string of the molecule is NC(Cc1nc2ccccc2n1Cc1ccccc1)=NO. The molecule has 0 unspecified atom stereocenters. The third kappa shape index (κ3) is 2.72. The number of para-hydroxylation sites is 2. The number of benzene rings is 2. The smallest absolute Gasteiger partial charge is 0.146 e. The number of aromatic nitrogens is 2. The molecule has 1 aromatic heterocycles. The van der Waals surface area contributed by atoms with E-state index < -0.39 is 0 Å². The van der Waals surface area contributed by atoms with Gasteiger partial charge in [-0.15, -0.1) is 0 Å². The molecule has 0 aliphatic carbocycles. The summed E-state index contributed by atoms with van der Waals surface area (Å²) in [6.45, 7) is 0.704. The maximum Gasteiger partial charge on any atom is 0.146 e. The first kappa shape index (κ1) is 13.2. The van der Waals surface area contributed by atoms with E-state index in [0.29, 0.717) is 13.0 Å². The van der Waals surface area contributed by atoms with Crippen molar-refractivity contribution in [2.45, 2.75) is 13.0 Å². The molecule has 0 saturated carbocycles. The molecule has 0 saturated heterocycles. The molecule has 0 radical (unpaired) electrons. The maximum atomic E-state index is 8.78. The summed E-state index contributed by atoms with van der Waals surface area (Å²) in [4.78, 5) is 4.59. The van der Waals surface area contributed by atoms with Crippen LogP contribution in [0.3, 0.4) is 0 Å². The minimum absolute atomic E-state index is 0.152. The lowest BCUT2D eigenvalue weighted by molar-refractivity contribution is 0.317. The van der Waals surface area contributed by atoms with Crippen LogP contribution < -0.4 is 5.73 Å². The Morgan fingerprint density at radius 1 is 1.10 bits per heavy atom. The number of amidine groups is 1. The van der Waals surface area contributed by atoms with Crippen LogP contribution in [0.25, 0.3) is 11.0 Å². The summed E-state index contributed by atoms with van der Waals surface area (Å²) in [6, 6.07) is 18.1. The van der Waals surface area contributed by atoms with Crippen molar-refractivity contribution < 1.29 is 5.21 Å². The van der Waals surface area contributed by atoms with E-state index in [2.05, 4.69) is 26.8 Å². The van der Waals surface area contributed by atoms with Crippen LogP contribution in [0.1, 0.15) is 11.4 Å². The third-order valence-electron chi connectivity index (χ3n) is 3.38. The van der Waals surface area contributed by atoms with Crippen LogP contribution in [-0.4, -0.2) is 20.6 Å². The fraction of sp³-hybridized carbons (Fsp3) is 0.125. The van der Waals surface area contributed by atoms with Gasteiger partial charge in [0.2, 0.25) is 0 Å². The monoisotopic (exact) mass is 280 g/mol. The minimum Gasteiger partial charge on any atom is -0.409 e. The number of imidazole rings is 1. The largest absolute Gasteiger partial charge is 0.409 e. The molecule has 0 atom stereocenters. The highest BCUT2D eigenvalue weighted by Gasteiger charge is 2.12. The van der Waals surface area contributed by atoms with Gasteiger partial charge in [-0.05, 0) is 17.7 Å². The Bertz CT molecular complexity index is 777. The number of hydrogen-bond acceptors (Lipinski definition) is 3. The standard InChI is InChI=1S/C16H16N4O/c17-15(19-21)10-16-18-13-8-4-5-9-14(13)20(16)11-12-6-2-1-3-7-12/h1-9,21H,10-11H2,(H2,17,19). The molecule has 21 heavy (non-hydrogen) atoms. The number of rotatable bonds is 4. The average Bonchev–Trinajstić information content (AvgIpc) is 2.86. The molecule has 0 aliphatic rings. The van der Waals surface area contributed by atoms with Crippen LogP contribution in [0.4, 0.5) is 0 Å². The fourth-order valence-corrected chi connectivity index (χ4v) is 2.40. The van der Waals surface area contributed by atoms with E-state index in [1.54, 1.807) is 0 Å². The highest BCUT2D eigenvalue weighted by molar-refractivity contribution is 5.83. The summed E-state index contributed by atoms with van der Waals surface area (Å²) < 4.78 is 2.10. The second-order valence-electron chi connectivity index (χ2n) is 4.86. The zero-order chi connectivity index (χ0) is 14.7. The first-order valence-electron chi connectivity index (χ1n) is 6.72. The average molecular weight is 280 g/mol. The quantitative estimate of drug-likeness (QED) is 0.333. The topological polar surface area (TPSA) is 76.4 Å². The van der Waals surface area contributed by atoms with Gasteiger partial charge in [0.15, 0.2) is 0 Å². The molecule has 0 bridgehead atoms. The first-order chi connectivity index (χ1) is 10.3. The van der Waals surface area contributed by atoms with Gasteiger partial charge in [0.1, 0.15) is 11.7 Å². The van der Waals surface area contributed by atoms with Gasteiger partial charge in [0.05, 0.1) is 17.5 Å². The molecule has 3 rings (SSSR count). The Morgan fingerprint density at radius 3 is 2.57 bits per heavy atom. The Morgan fingerprint density at radius 2 is 1.81 bits per heavy atom. The Balaban J connectivity index is 2.07. The van der Waals surface area contributed by atoms with Gasteiger partial charge in [0.25, 0.3) is 0 Å². The van der Waals surface area contributed by atoms with Crippen LogP contribution >= 0.6 is 0 Å². The van der Waals surface area contributed by atoms with Crippen LogP contribution in [0, 0.1) is 0 Å². The van der Waals surface area contributed by atoms with Gasteiger partial charge >= 0.3 is 0 Å². The Labute approximate surface area is 122 Å². The zero-order valence-corrected chi connectivity index (χ0v) is 11.5. The molecule has 2 aromatic carbocycles. The summed E-state index contributed by atoms with van der Waals surface area (Å²) in [5.74, 6) is 0.940. The predicted octanol–water partition coefficient (Wildman–Crippen LogP) is 2.37. The molecule has 0 fully saturated rings. The van der Waals surface area contributed by atoms with Crippen molar-refractivity contribution >= 4 is 16.9 Å². The number of hydrogen-bond donors (Lipinski definition) is 2. The van der Waals surface area contributed by atoms with Crippen LogP contribution in [0.15, 0.2) is 59.8 Å². The van der Waals surface area contributed by atoms with E-state index in [1.165, 1.54) is 5.56 Å². The Kier molecular flexibility index (Phi) is 3.55. The normalized spacial score (nSPS) is 11.9. The minimum atomic E-state index is 0.152. The lowest BCUT2D eigenvalue weighted by Crippen LogP contribution is -2.18. The number of oxime groups is 1. The summed E-state index contributed by atoms with van der Waals surface area (Å²) in [5.41, 5.74) is 8.77. The molecule has 3 N–H and O–H groups in total. The van der Waals surface area contributed by atoms with Gasteiger partial charge in [-0.1, -0.05) is 47.6 Å². The molecule has 3 aromatic rings. The van der Waals surface area contributed by atoms with Gasteiger partial charge in [-0.2, -0.15) is 0 Å². The van der Waals surface area contributed by atoms with Gasteiger partial charge < -0.3 is 15.5 Å². The van der Waals surface area contributed by atoms with Crippen LogP contribution in [0.5, 0.6) is 0 Å². The Hall–Kier alpha value is -2.82. The molecular formula is C16H16N4O. The van der Waals surface area contributed by atoms with Gasteiger partial charge in [0, 0.05) is 6.54 Å². The molecule has 106 valence electrons. The highest BCUT2D eigenvalue weighted by Crippen LogP contribution is 2.18. The van der Waals surface area contributed by atoms with E-state index in [4.69, 9.17) is 10.9 Å². The van der Waals surface area contributed by atoms with Crippen LogP contribution in [0.2, 0.25) is 0 Å². The van der Waals surface area contributed by atoms with Crippen molar-refractivity contribution in [2.75, 3.05) is 0 Å². The molecule has 0 aliphatic heterocycles. The summed E-state index contributed by atoms with van der Waals surface area (Å²) in [5, 5.41) is 11.8. The van der Waals surface area contributed by atoms with Crippen molar-refractivity contribution in [3.05, 3.63) is 66.0 Å². The highest BCUT2D eigenvalue weighted by atomic mass is 16.4. The number of nitrogens with zero attached hydrogens (tertiary/aromatic N) is 3. The van der Waals surface area contributed by atoms with E-state index >= 15 is 0 Å². The summed E-state index contributed by atoms with van der Waals surface area (Å²) in [6.07, 6.45) is 0.317. The molecule has 0 amide bonds. The number of nitrogens with two attached hydrogens (primary N) is 1. The third-order valence-corrected chi connectivity index (χ3v) is 3.38. The van der Waals surface area contributed by atoms with Gasteiger partial charge in [-0.25, -0.2) is 4.98 Å². The van der Waals surface area contributed by atoms with Crippen molar-refractivity contribution in [1.82, 2.24) is 9.55 Å². The van der Waals surface area contributed by atoms with E-state index in [0.717, 1.165) is 16.9 Å². The van der Waals surface area contributed by atoms with Crippen LogP contribution in [-0.2, 0) is 13.0 Å². The maximum absolute atomic E-state index is 8.78. The summed E-state index contributed by atoms with van der Waals surface area (Å²) >= 11 is 0. The van der Waals surface area contributed by atoms with E-state index in [9.17, 15) is 0 Å². The molecule has 5 nitrogen and oxygen atoms in total. The molecule has 1 heterocycles. The van der Waals surface area contributed by atoms with Crippen molar-refractivity contribution in [3.8, 4) is 0 Å². The number of fused-ring (bicyclic) bond motifs is 1. The van der Waals surface area contributed by atoms with E-state index in [1.807, 2.05) is 42.5 Å². The molecular weight excluding hydrogens is 264 g/mol. The van der Waals surface area contributed by atoms with Crippen molar-refractivity contribution in [2.24, 2.45) is 10.9 Å². The second-order valence-corrected chi connectivity index (χ2v) is 4.86. The zero-order valence-electron chi connectivity index (χ0n) is 11.5. The fourth-order valence-electron chi connectivity index (χ4n) is 2.40. The lowest BCUT2D eigenvalue weighted by atomic mass is 10.2. The van der Waals surface area contributed by atoms with Crippen molar-refractivity contribution in [3.63, 3.8) is 0 Å². The van der Waals surface area contributed by atoms with Crippen molar-refractivity contribution in [1.29, 1.82) is 0 Å². The summed E-state index contributed by atoms with van der Waals surface area (Å²) in [7, 11) is 0. The molecule has 0 spiro atoms. The first-order valence-corrected chi connectivity index (χ1v) is 6.72. The van der Waals surface area contributed by atoms with E-state index in [-0.39, 0.29) is 5.84 Å². The molecule has 5 heteroatoms. The lowest BCUT2D eigenvalue weighted by Gasteiger charge is -2.09.